The molecule has 54 valence electrons. The van der Waals surface area contributed by atoms with E-state index < -0.39 is 0 Å². The highest BCUT2D eigenvalue weighted by molar-refractivity contribution is 8.68. The van der Waals surface area contributed by atoms with Crippen LogP contribution in [0.5, 0.6) is 0 Å². The molecule has 1 rings (SSSR count). The fourth-order valence-electron chi connectivity index (χ4n) is 1.44. The summed E-state index contributed by atoms with van der Waals surface area (Å²) in [5, 5.41) is 0.835. The predicted molar refractivity (Wildman–Crippen MR) is 48.0 cm³/mol. The van der Waals surface area contributed by atoms with E-state index in [4.69, 9.17) is 0 Å². The molecule has 0 aromatic rings. The minimum Gasteiger partial charge on any atom is -0.111 e. The lowest BCUT2D eigenvalue weighted by atomic mass is 9.90. The normalized spacial score (nSPS) is 36.7. The number of thiol groups is 1. The summed E-state index contributed by atoms with van der Waals surface area (Å²) in [6.45, 7) is 2.34. The highest BCUT2D eigenvalue weighted by Crippen LogP contribution is 2.34. The van der Waals surface area contributed by atoms with Gasteiger partial charge in [0.25, 0.3) is 0 Å². The maximum Gasteiger partial charge on any atom is 0.0174 e. The summed E-state index contributed by atoms with van der Waals surface area (Å²) >= 11 is 4.24. The second-order valence-corrected chi connectivity index (χ2v) is 4.35. The van der Waals surface area contributed by atoms with Gasteiger partial charge in [0.15, 0.2) is 0 Å². The molecule has 0 aromatic carbocycles. The Labute approximate surface area is 66.6 Å². The standard InChI is InChI=1S/C7H14S2/c1-6-4-2-3-5-7(6)9-8/h6-8H,2-5H2,1H3. The van der Waals surface area contributed by atoms with Gasteiger partial charge in [-0.2, -0.15) is 0 Å². The van der Waals surface area contributed by atoms with Gasteiger partial charge in [0.2, 0.25) is 0 Å². The van der Waals surface area contributed by atoms with E-state index in [1.165, 1.54) is 25.7 Å². The monoisotopic (exact) mass is 162 g/mol. The Morgan fingerprint density at radius 3 is 2.44 bits per heavy atom. The van der Waals surface area contributed by atoms with Gasteiger partial charge >= 0.3 is 0 Å². The molecule has 0 nitrogen and oxygen atoms in total. The molecule has 0 saturated heterocycles. The lowest BCUT2D eigenvalue weighted by Gasteiger charge is -2.25. The molecule has 0 N–H and O–H groups in total. The maximum atomic E-state index is 4.24. The summed E-state index contributed by atoms with van der Waals surface area (Å²) in [6, 6.07) is 0. The first-order valence-electron chi connectivity index (χ1n) is 3.65. The molecular formula is C7H14S2. The molecule has 2 atom stereocenters. The smallest absolute Gasteiger partial charge is 0.0174 e. The van der Waals surface area contributed by atoms with Crippen LogP contribution in [-0.2, 0) is 0 Å². The summed E-state index contributed by atoms with van der Waals surface area (Å²) < 4.78 is 0. The van der Waals surface area contributed by atoms with E-state index in [9.17, 15) is 0 Å². The fourth-order valence-corrected chi connectivity index (χ4v) is 2.99. The van der Waals surface area contributed by atoms with E-state index in [-0.39, 0.29) is 0 Å². The molecule has 0 bridgehead atoms. The van der Waals surface area contributed by atoms with Crippen molar-refractivity contribution in [2.75, 3.05) is 0 Å². The van der Waals surface area contributed by atoms with E-state index in [0.29, 0.717) is 0 Å². The molecule has 1 aliphatic rings. The zero-order chi connectivity index (χ0) is 6.69. The third-order valence-electron chi connectivity index (χ3n) is 2.17. The molecular weight excluding hydrogens is 148 g/mol. The van der Waals surface area contributed by atoms with Gasteiger partial charge in [-0.05, 0) is 18.8 Å². The molecule has 9 heavy (non-hydrogen) atoms. The van der Waals surface area contributed by atoms with Crippen LogP contribution in [-0.4, -0.2) is 5.25 Å². The summed E-state index contributed by atoms with van der Waals surface area (Å²) in [5.74, 6) is 0.904. The van der Waals surface area contributed by atoms with E-state index in [1.807, 2.05) is 0 Å². The Bertz CT molecular complexity index is 83.0. The van der Waals surface area contributed by atoms with Gasteiger partial charge in [-0.1, -0.05) is 30.6 Å². The number of hydrogen-bond acceptors (Lipinski definition) is 2. The summed E-state index contributed by atoms with van der Waals surface area (Å²) in [4.78, 5) is 0. The van der Waals surface area contributed by atoms with Crippen LogP contribution in [0.3, 0.4) is 0 Å². The SMILES string of the molecule is CC1CCCCC1SS. The maximum absolute atomic E-state index is 4.24. The van der Waals surface area contributed by atoms with E-state index in [1.54, 1.807) is 10.8 Å². The van der Waals surface area contributed by atoms with Gasteiger partial charge in [-0.15, -0.1) is 11.7 Å². The van der Waals surface area contributed by atoms with E-state index in [2.05, 4.69) is 18.6 Å². The van der Waals surface area contributed by atoms with E-state index >= 15 is 0 Å². The topological polar surface area (TPSA) is 0 Å². The fraction of sp³-hybridized carbons (Fsp3) is 1.00. The third kappa shape index (κ3) is 2.08. The van der Waals surface area contributed by atoms with Crippen molar-refractivity contribution in [3.05, 3.63) is 0 Å². The van der Waals surface area contributed by atoms with Gasteiger partial charge < -0.3 is 0 Å². The van der Waals surface area contributed by atoms with Crippen LogP contribution < -0.4 is 0 Å². The summed E-state index contributed by atoms with van der Waals surface area (Å²) in [7, 11) is 1.75. The molecule has 1 aliphatic carbocycles. The number of hydrogen-bond donors (Lipinski definition) is 1. The van der Waals surface area contributed by atoms with Gasteiger partial charge in [-0.3, -0.25) is 0 Å². The highest BCUT2D eigenvalue weighted by Gasteiger charge is 2.19. The van der Waals surface area contributed by atoms with Crippen molar-refractivity contribution in [3.63, 3.8) is 0 Å². The summed E-state index contributed by atoms with van der Waals surface area (Å²) in [6.07, 6.45) is 5.65. The second-order valence-electron chi connectivity index (χ2n) is 2.91. The Morgan fingerprint density at radius 1 is 1.33 bits per heavy atom. The minimum absolute atomic E-state index is 0.835. The van der Waals surface area contributed by atoms with Crippen LogP contribution in [0, 0.1) is 5.92 Å². The number of rotatable bonds is 1. The molecule has 0 spiro atoms. The molecule has 0 aromatic heterocycles. The average Bonchev–Trinajstić information content (AvgIpc) is 1.89. The van der Waals surface area contributed by atoms with Crippen LogP contribution in [0.15, 0.2) is 0 Å². The zero-order valence-electron chi connectivity index (χ0n) is 5.84. The Hall–Kier alpha value is 0.700. The van der Waals surface area contributed by atoms with Crippen molar-refractivity contribution < 1.29 is 0 Å². The lowest BCUT2D eigenvalue weighted by Crippen LogP contribution is -2.17. The first-order chi connectivity index (χ1) is 4.34. The van der Waals surface area contributed by atoms with Crippen LogP contribution in [0.2, 0.25) is 0 Å². The second kappa shape index (κ2) is 3.77. The molecule has 2 unspecified atom stereocenters. The molecule has 1 fully saturated rings. The van der Waals surface area contributed by atoms with Crippen molar-refractivity contribution in [2.24, 2.45) is 5.92 Å². The largest absolute Gasteiger partial charge is 0.111 e. The molecule has 2 heteroatoms. The first kappa shape index (κ1) is 7.80. The molecule has 0 amide bonds. The zero-order valence-corrected chi connectivity index (χ0v) is 7.55. The van der Waals surface area contributed by atoms with Crippen molar-refractivity contribution in [1.82, 2.24) is 0 Å². The predicted octanol–water partition coefficient (Wildman–Crippen LogP) is 3.14. The van der Waals surface area contributed by atoms with Gasteiger partial charge in [0.05, 0.1) is 0 Å². The highest BCUT2D eigenvalue weighted by atomic mass is 33.1. The van der Waals surface area contributed by atoms with Crippen molar-refractivity contribution in [3.8, 4) is 0 Å². The van der Waals surface area contributed by atoms with Crippen LogP contribution >= 0.6 is 22.5 Å². The molecule has 1 saturated carbocycles. The average molecular weight is 162 g/mol. The van der Waals surface area contributed by atoms with Gasteiger partial charge in [-0.25, -0.2) is 0 Å². The molecule has 0 heterocycles. The van der Waals surface area contributed by atoms with Crippen LogP contribution in [0.4, 0.5) is 0 Å². The third-order valence-corrected chi connectivity index (χ3v) is 3.95. The minimum atomic E-state index is 0.835. The molecule has 0 radical (unpaired) electrons. The summed E-state index contributed by atoms with van der Waals surface area (Å²) in [5.41, 5.74) is 0. The van der Waals surface area contributed by atoms with Gasteiger partial charge in [0, 0.05) is 5.25 Å². The first-order valence-corrected chi connectivity index (χ1v) is 5.58. The quantitative estimate of drug-likeness (QED) is 0.456. The Balaban J connectivity index is 2.30. The van der Waals surface area contributed by atoms with Crippen LogP contribution in [0.1, 0.15) is 32.6 Å². The van der Waals surface area contributed by atoms with Crippen LogP contribution in [0.25, 0.3) is 0 Å². The van der Waals surface area contributed by atoms with E-state index in [0.717, 1.165) is 11.2 Å². The molecule has 0 aliphatic heterocycles. The van der Waals surface area contributed by atoms with Crippen molar-refractivity contribution >= 4 is 22.5 Å². The van der Waals surface area contributed by atoms with Gasteiger partial charge in [0.1, 0.15) is 0 Å². The van der Waals surface area contributed by atoms with Crippen molar-refractivity contribution in [2.45, 2.75) is 37.9 Å². The lowest BCUT2D eigenvalue weighted by molar-refractivity contribution is 0.399. The Kier molecular flexibility index (Phi) is 3.27. The Morgan fingerprint density at radius 2 is 2.00 bits per heavy atom. The van der Waals surface area contributed by atoms with Crippen molar-refractivity contribution in [1.29, 1.82) is 0 Å².